The molecule has 3 N–H and O–H groups in total. The van der Waals surface area contributed by atoms with Crippen molar-refractivity contribution >= 4 is 11.8 Å². The number of carbonyl (C=O) groups excluding carboxylic acids is 2. The summed E-state index contributed by atoms with van der Waals surface area (Å²) in [6, 6.07) is 15.9. The fourth-order valence-corrected chi connectivity index (χ4v) is 2.29. The molecule has 8 heteroatoms. The van der Waals surface area contributed by atoms with Gasteiger partial charge in [-0.2, -0.15) is 9.90 Å². The lowest BCUT2D eigenvalue weighted by molar-refractivity contribution is 0.0951. The van der Waals surface area contributed by atoms with Crippen LogP contribution in [0.5, 0.6) is 5.75 Å². The molecule has 8 nitrogen and oxygen atoms in total. The Balaban J connectivity index is 1.48. The van der Waals surface area contributed by atoms with Gasteiger partial charge in [0.1, 0.15) is 12.4 Å². The summed E-state index contributed by atoms with van der Waals surface area (Å²) in [5.74, 6) is 4.94. The first-order valence-electron chi connectivity index (χ1n) is 8.38. The molecule has 0 saturated heterocycles. The Bertz CT molecular complexity index is 1030. The van der Waals surface area contributed by atoms with Crippen LogP contribution >= 0.6 is 0 Å². The third-order valence-electron chi connectivity index (χ3n) is 3.63. The molecule has 0 aliphatic rings. The largest absolute Gasteiger partial charge is 0.480 e. The second-order valence-electron chi connectivity index (χ2n) is 5.54. The third-order valence-corrected chi connectivity index (χ3v) is 3.63. The Kier molecular flexibility index (Phi) is 6.00. The SMILES string of the molecule is NC(=O)c1ccccc1OCC#CCNC(=O)c1cnn(-c2ccccc2)n1. The number of carbonyl (C=O) groups is 2. The van der Waals surface area contributed by atoms with Gasteiger partial charge in [0.2, 0.25) is 0 Å². The number of benzene rings is 2. The molecular weight excluding hydrogens is 358 g/mol. The van der Waals surface area contributed by atoms with E-state index in [1.807, 2.05) is 30.3 Å². The van der Waals surface area contributed by atoms with Crippen LogP contribution < -0.4 is 15.8 Å². The van der Waals surface area contributed by atoms with Gasteiger partial charge in [-0.3, -0.25) is 9.59 Å². The van der Waals surface area contributed by atoms with Crippen LogP contribution in [-0.4, -0.2) is 40.0 Å². The zero-order chi connectivity index (χ0) is 19.8. The molecule has 0 atom stereocenters. The van der Waals surface area contributed by atoms with Crippen molar-refractivity contribution < 1.29 is 14.3 Å². The number of ether oxygens (including phenoxy) is 1. The van der Waals surface area contributed by atoms with E-state index in [0.717, 1.165) is 5.69 Å². The normalized spacial score (nSPS) is 9.86. The quantitative estimate of drug-likeness (QED) is 0.628. The minimum absolute atomic E-state index is 0.0599. The van der Waals surface area contributed by atoms with Gasteiger partial charge in [0.15, 0.2) is 5.69 Å². The molecule has 2 aromatic carbocycles. The van der Waals surface area contributed by atoms with Crippen LogP contribution in [0, 0.1) is 11.8 Å². The first-order valence-corrected chi connectivity index (χ1v) is 8.38. The average molecular weight is 375 g/mol. The molecule has 0 bridgehead atoms. The van der Waals surface area contributed by atoms with Crippen LogP contribution in [0.15, 0.2) is 60.8 Å². The van der Waals surface area contributed by atoms with E-state index in [2.05, 4.69) is 27.4 Å². The van der Waals surface area contributed by atoms with Crippen molar-refractivity contribution in [3.8, 4) is 23.3 Å². The van der Waals surface area contributed by atoms with Crippen molar-refractivity contribution in [1.29, 1.82) is 0 Å². The highest BCUT2D eigenvalue weighted by atomic mass is 16.5. The number of nitrogens with zero attached hydrogens (tertiary/aromatic N) is 3. The Morgan fingerprint density at radius 1 is 1.07 bits per heavy atom. The molecule has 0 radical (unpaired) electrons. The Morgan fingerprint density at radius 2 is 1.82 bits per heavy atom. The molecule has 3 rings (SSSR count). The van der Waals surface area contributed by atoms with E-state index in [1.54, 1.807) is 24.3 Å². The highest BCUT2D eigenvalue weighted by molar-refractivity contribution is 5.95. The van der Waals surface area contributed by atoms with Gasteiger partial charge < -0.3 is 15.8 Å². The number of hydrogen-bond donors (Lipinski definition) is 2. The van der Waals surface area contributed by atoms with Crippen molar-refractivity contribution in [1.82, 2.24) is 20.3 Å². The maximum Gasteiger partial charge on any atom is 0.274 e. The number of amides is 2. The number of nitrogens with one attached hydrogen (secondary N) is 1. The van der Waals surface area contributed by atoms with E-state index in [-0.39, 0.29) is 24.8 Å². The molecule has 1 heterocycles. The first-order chi connectivity index (χ1) is 13.6. The predicted molar refractivity (Wildman–Crippen MR) is 102 cm³/mol. The van der Waals surface area contributed by atoms with Crippen molar-refractivity contribution in [2.24, 2.45) is 5.73 Å². The zero-order valence-corrected chi connectivity index (χ0v) is 14.8. The highest BCUT2D eigenvalue weighted by Gasteiger charge is 2.10. The van der Waals surface area contributed by atoms with Crippen molar-refractivity contribution in [3.05, 3.63) is 72.1 Å². The number of para-hydroxylation sites is 2. The van der Waals surface area contributed by atoms with Crippen LogP contribution in [0.1, 0.15) is 20.8 Å². The number of hydrogen-bond acceptors (Lipinski definition) is 5. The molecule has 0 spiro atoms. The van der Waals surface area contributed by atoms with Crippen LogP contribution in [0.25, 0.3) is 5.69 Å². The number of aromatic nitrogens is 3. The summed E-state index contributed by atoms with van der Waals surface area (Å²) in [4.78, 5) is 24.8. The van der Waals surface area contributed by atoms with E-state index in [0.29, 0.717) is 11.3 Å². The standard InChI is InChI=1S/C20H17N5O3/c21-19(26)16-10-4-5-11-18(16)28-13-7-6-12-22-20(27)17-14-23-25(24-17)15-8-2-1-3-9-15/h1-5,8-11,14H,12-13H2,(H2,21,26)(H,22,27). The molecule has 0 aliphatic carbocycles. The summed E-state index contributed by atoms with van der Waals surface area (Å²) in [5.41, 5.74) is 6.52. The fraction of sp³-hybridized carbons (Fsp3) is 0.100. The lowest BCUT2D eigenvalue weighted by atomic mass is 10.2. The smallest absolute Gasteiger partial charge is 0.274 e. The Labute approximate surface area is 161 Å². The van der Waals surface area contributed by atoms with Crippen LogP contribution in [0.2, 0.25) is 0 Å². The van der Waals surface area contributed by atoms with Gasteiger partial charge in [-0.05, 0) is 24.3 Å². The monoisotopic (exact) mass is 375 g/mol. The highest BCUT2D eigenvalue weighted by Crippen LogP contribution is 2.16. The molecule has 1 aromatic heterocycles. The second-order valence-corrected chi connectivity index (χ2v) is 5.54. The van der Waals surface area contributed by atoms with Gasteiger partial charge in [-0.15, -0.1) is 5.10 Å². The predicted octanol–water partition coefficient (Wildman–Crippen LogP) is 1.18. The van der Waals surface area contributed by atoms with E-state index in [4.69, 9.17) is 10.5 Å². The summed E-state index contributed by atoms with van der Waals surface area (Å²) >= 11 is 0. The number of rotatable bonds is 6. The van der Waals surface area contributed by atoms with E-state index in [1.165, 1.54) is 11.0 Å². The van der Waals surface area contributed by atoms with Gasteiger partial charge in [-0.1, -0.05) is 42.2 Å². The molecule has 0 saturated carbocycles. The van der Waals surface area contributed by atoms with Gasteiger partial charge in [0.25, 0.3) is 11.8 Å². The maximum atomic E-state index is 12.1. The molecule has 3 aromatic rings. The Hall–Kier alpha value is -4.12. The number of primary amides is 1. The summed E-state index contributed by atoms with van der Waals surface area (Å²) in [5, 5.41) is 10.8. The lowest BCUT2D eigenvalue weighted by Gasteiger charge is -2.05. The molecule has 28 heavy (non-hydrogen) atoms. The Morgan fingerprint density at radius 3 is 2.61 bits per heavy atom. The first kappa shape index (κ1) is 18.7. The minimum atomic E-state index is -0.570. The fourth-order valence-electron chi connectivity index (χ4n) is 2.29. The van der Waals surface area contributed by atoms with Crippen molar-refractivity contribution in [3.63, 3.8) is 0 Å². The van der Waals surface area contributed by atoms with Gasteiger partial charge in [-0.25, -0.2) is 0 Å². The lowest BCUT2D eigenvalue weighted by Crippen LogP contribution is -2.24. The minimum Gasteiger partial charge on any atom is -0.480 e. The molecule has 2 amide bonds. The van der Waals surface area contributed by atoms with E-state index >= 15 is 0 Å². The average Bonchev–Trinajstić information content (AvgIpc) is 3.21. The van der Waals surface area contributed by atoms with Crippen LogP contribution in [-0.2, 0) is 0 Å². The summed E-state index contributed by atoms with van der Waals surface area (Å²) in [6.45, 7) is 0.183. The van der Waals surface area contributed by atoms with E-state index in [9.17, 15) is 9.59 Å². The summed E-state index contributed by atoms with van der Waals surface area (Å²) in [7, 11) is 0. The molecule has 0 unspecified atom stereocenters. The zero-order valence-electron chi connectivity index (χ0n) is 14.8. The van der Waals surface area contributed by atoms with Crippen LogP contribution in [0.4, 0.5) is 0 Å². The third kappa shape index (κ3) is 4.74. The second kappa shape index (κ2) is 9.00. The summed E-state index contributed by atoms with van der Waals surface area (Å²) < 4.78 is 5.43. The van der Waals surface area contributed by atoms with Crippen molar-refractivity contribution in [2.45, 2.75) is 0 Å². The summed E-state index contributed by atoms with van der Waals surface area (Å²) in [6.07, 6.45) is 1.39. The van der Waals surface area contributed by atoms with Gasteiger partial charge in [0, 0.05) is 0 Å². The van der Waals surface area contributed by atoms with Crippen LogP contribution in [0.3, 0.4) is 0 Å². The topological polar surface area (TPSA) is 112 Å². The molecule has 0 fully saturated rings. The van der Waals surface area contributed by atoms with Crippen molar-refractivity contribution in [2.75, 3.05) is 13.2 Å². The van der Waals surface area contributed by atoms with E-state index < -0.39 is 5.91 Å². The maximum absolute atomic E-state index is 12.1. The van der Waals surface area contributed by atoms with Gasteiger partial charge >= 0.3 is 0 Å². The number of nitrogens with two attached hydrogens (primary N) is 1. The molecule has 0 aliphatic heterocycles. The molecule has 140 valence electrons. The van der Waals surface area contributed by atoms with Gasteiger partial charge in [0.05, 0.1) is 24.0 Å². The molecular formula is C20H17N5O3.